The van der Waals surface area contributed by atoms with E-state index in [1.807, 2.05) is 36.7 Å². The van der Waals surface area contributed by atoms with Gasteiger partial charge in [0.25, 0.3) is 0 Å². The van der Waals surface area contributed by atoms with Crippen molar-refractivity contribution in [2.24, 2.45) is 0 Å². The summed E-state index contributed by atoms with van der Waals surface area (Å²) in [5.41, 5.74) is 5.73. The van der Waals surface area contributed by atoms with E-state index in [2.05, 4.69) is 63.4 Å². The molecule has 2 aromatic heterocycles. The molecule has 1 saturated heterocycles. The van der Waals surface area contributed by atoms with Gasteiger partial charge in [-0.05, 0) is 36.2 Å². The van der Waals surface area contributed by atoms with Crippen LogP contribution in [0.4, 0.5) is 22.2 Å². The van der Waals surface area contributed by atoms with E-state index in [-0.39, 0.29) is 6.03 Å². The Bertz CT molecular complexity index is 1650. The number of carbonyl (C=O) groups is 1. The molecule has 2 amide bonds. The van der Waals surface area contributed by atoms with E-state index in [1.165, 1.54) is 11.1 Å². The van der Waals surface area contributed by atoms with Crippen LogP contribution in [0.3, 0.4) is 0 Å². The number of rotatable bonds is 7. The first-order valence-electron chi connectivity index (χ1n) is 13.6. The molecule has 10 heteroatoms. The van der Waals surface area contributed by atoms with E-state index < -0.39 is 0 Å². The summed E-state index contributed by atoms with van der Waals surface area (Å²) < 4.78 is 2.06. The number of fused-ring (bicyclic) bond motifs is 1. The average molecular weight is 567 g/mol. The van der Waals surface area contributed by atoms with Gasteiger partial charge in [-0.15, -0.1) is 0 Å². The number of amides is 2. The zero-order valence-electron chi connectivity index (χ0n) is 22.8. The first-order chi connectivity index (χ1) is 20.0. The zero-order valence-corrected chi connectivity index (χ0v) is 23.6. The van der Waals surface area contributed by atoms with Gasteiger partial charge in [0.05, 0.1) is 12.9 Å². The molecule has 208 valence electrons. The van der Waals surface area contributed by atoms with Gasteiger partial charge in [-0.2, -0.15) is 9.97 Å². The Morgan fingerprint density at radius 2 is 1.68 bits per heavy atom. The highest BCUT2D eigenvalue weighted by atomic mass is 35.5. The van der Waals surface area contributed by atoms with Gasteiger partial charge >= 0.3 is 6.03 Å². The second-order valence-electron chi connectivity index (χ2n) is 10.2. The first-order valence-corrected chi connectivity index (χ1v) is 14.0. The minimum absolute atomic E-state index is 0.148. The molecule has 9 nitrogen and oxygen atoms in total. The molecule has 1 fully saturated rings. The highest BCUT2D eigenvalue weighted by molar-refractivity contribution is 6.30. The van der Waals surface area contributed by atoms with Crippen molar-refractivity contribution in [1.82, 2.24) is 24.4 Å². The molecule has 2 N–H and O–H groups in total. The Morgan fingerprint density at radius 1 is 0.902 bits per heavy atom. The molecule has 3 heterocycles. The molecule has 0 saturated carbocycles. The molecule has 0 atom stereocenters. The van der Waals surface area contributed by atoms with Crippen LogP contribution in [0.25, 0.3) is 11.2 Å². The number of benzene rings is 3. The van der Waals surface area contributed by atoms with Crippen LogP contribution in [-0.2, 0) is 13.1 Å². The van der Waals surface area contributed by atoms with Crippen LogP contribution in [0.5, 0.6) is 0 Å². The monoisotopic (exact) mass is 566 g/mol. The Morgan fingerprint density at radius 3 is 2.44 bits per heavy atom. The fourth-order valence-electron chi connectivity index (χ4n) is 4.86. The van der Waals surface area contributed by atoms with Gasteiger partial charge < -0.3 is 25.0 Å². The third kappa shape index (κ3) is 6.25. The lowest BCUT2D eigenvalue weighted by Gasteiger charge is -2.34. The van der Waals surface area contributed by atoms with Crippen LogP contribution in [0.15, 0.2) is 85.2 Å². The number of anilines is 3. The molecule has 0 unspecified atom stereocenters. The largest absolute Gasteiger partial charge is 0.364 e. The van der Waals surface area contributed by atoms with Crippen molar-refractivity contribution in [1.29, 1.82) is 0 Å². The molecule has 5 aromatic rings. The summed E-state index contributed by atoms with van der Waals surface area (Å²) in [6, 6.07) is 25.7. The molecular weight excluding hydrogens is 536 g/mol. The molecule has 0 aliphatic carbocycles. The average Bonchev–Trinajstić information content (AvgIpc) is 3.40. The van der Waals surface area contributed by atoms with Gasteiger partial charge in [0.15, 0.2) is 17.0 Å². The maximum atomic E-state index is 12.9. The summed E-state index contributed by atoms with van der Waals surface area (Å²) in [5, 5.41) is 7.02. The number of hydrogen-bond acceptors (Lipinski definition) is 6. The Balaban J connectivity index is 1.22. The maximum Gasteiger partial charge on any atom is 0.321 e. The Labute approximate surface area is 243 Å². The number of piperazine rings is 1. The normalized spacial score (nSPS) is 13.4. The molecule has 1 aliphatic heterocycles. The fraction of sp³-hybridized carbons (Fsp3) is 0.226. The predicted molar refractivity (Wildman–Crippen MR) is 164 cm³/mol. The lowest BCUT2D eigenvalue weighted by atomic mass is 10.1. The van der Waals surface area contributed by atoms with Crippen LogP contribution in [0.1, 0.15) is 16.7 Å². The summed E-state index contributed by atoms with van der Waals surface area (Å²) in [4.78, 5) is 31.4. The lowest BCUT2D eigenvalue weighted by Crippen LogP contribution is -2.50. The van der Waals surface area contributed by atoms with Crippen molar-refractivity contribution < 1.29 is 4.79 Å². The summed E-state index contributed by atoms with van der Waals surface area (Å²) in [6.07, 6.45) is 1.82. The molecular formula is C31H31ClN8O. The van der Waals surface area contributed by atoms with Crippen molar-refractivity contribution in [3.05, 3.63) is 107 Å². The van der Waals surface area contributed by atoms with Crippen LogP contribution in [0, 0.1) is 6.92 Å². The lowest BCUT2D eigenvalue weighted by molar-refractivity contribution is 0.208. The Hall–Kier alpha value is -4.63. The first kappa shape index (κ1) is 26.6. The molecule has 0 spiro atoms. The second kappa shape index (κ2) is 11.9. The number of imidazole rings is 1. The van der Waals surface area contributed by atoms with Crippen LogP contribution in [0.2, 0.25) is 5.02 Å². The quantitative estimate of drug-likeness (QED) is 0.259. The minimum atomic E-state index is -0.148. The van der Waals surface area contributed by atoms with Gasteiger partial charge in [-0.1, -0.05) is 77.8 Å². The smallest absolute Gasteiger partial charge is 0.321 e. The van der Waals surface area contributed by atoms with Gasteiger partial charge in [0.2, 0.25) is 5.95 Å². The number of aromatic nitrogens is 4. The van der Waals surface area contributed by atoms with Crippen molar-refractivity contribution in [2.45, 2.75) is 20.0 Å². The van der Waals surface area contributed by atoms with Crippen LogP contribution >= 0.6 is 11.6 Å². The van der Waals surface area contributed by atoms with Crippen LogP contribution in [-0.4, -0.2) is 56.6 Å². The summed E-state index contributed by atoms with van der Waals surface area (Å²) in [6.45, 7) is 5.67. The van der Waals surface area contributed by atoms with Crippen molar-refractivity contribution in [3.63, 3.8) is 0 Å². The zero-order chi connectivity index (χ0) is 28.2. The van der Waals surface area contributed by atoms with Gasteiger partial charge in [-0.3, -0.25) is 0 Å². The van der Waals surface area contributed by atoms with Gasteiger partial charge in [0.1, 0.15) is 0 Å². The van der Waals surface area contributed by atoms with E-state index >= 15 is 0 Å². The molecule has 3 aromatic carbocycles. The summed E-state index contributed by atoms with van der Waals surface area (Å²) in [7, 11) is 0. The summed E-state index contributed by atoms with van der Waals surface area (Å²) in [5.74, 6) is 1.31. The highest BCUT2D eigenvalue weighted by Crippen LogP contribution is 2.25. The van der Waals surface area contributed by atoms with Crippen molar-refractivity contribution in [2.75, 3.05) is 41.7 Å². The predicted octanol–water partition coefficient (Wildman–Crippen LogP) is 5.80. The Kier molecular flexibility index (Phi) is 7.69. The van der Waals surface area contributed by atoms with E-state index in [1.54, 1.807) is 17.0 Å². The van der Waals surface area contributed by atoms with Crippen LogP contribution < -0.4 is 15.5 Å². The van der Waals surface area contributed by atoms with Crippen molar-refractivity contribution in [3.8, 4) is 0 Å². The topological polar surface area (TPSA) is 91.2 Å². The minimum Gasteiger partial charge on any atom is -0.364 e. The van der Waals surface area contributed by atoms with E-state index in [0.29, 0.717) is 61.7 Å². The standard InChI is InChI=1S/C31H31ClN8O/c1-22-10-12-23(13-11-22)19-33-28-27-29(40(21-34-27)20-24-6-3-2-4-7-24)37-30(36-28)38-14-16-39(17-15-38)31(41)35-26-9-5-8-25(32)18-26/h2-13,18,21H,14-17,19-20H2,1H3,(H,35,41)(H,33,36,37). The number of urea groups is 1. The second-order valence-corrected chi connectivity index (χ2v) is 10.6. The van der Waals surface area contributed by atoms with E-state index in [9.17, 15) is 4.79 Å². The number of halogens is 1. The highest BCUT2D eigenvalue weighted by Gasteiger charge is 2.24. The summed E-state index contributed by atoms with van der Waals surface area (Å²) >= 11 is 6.07. The number of nitrogens with zero attached hydrogens (tertiary/aromatic N) is 6. The molecule has 0 bridgehead atoms. The van der Waals surface area contributed by atoms with Gasteiger partial charge in [0, 0.05) is 43.4 Å². The molecule has 1 aliphatic rings. The third-order valence-corrected chi connectivity index (χ3v) is 7.39. The number of nitrogens with one attached hydrogen (secondary N) is 2. The number of carbonyl (C=O) groups excluding carboxylic acids is 1. The molecule has 0 radical (unpaired) electrons. The molecule has 41 heavy (non-hydrogen) atoms. The number of aryl methyl sites for hydroxylation is 1. The van der Waals surface area contributed by atoms with Crippen molar-refractivity contribution >= 4 is 46.2 Å². The van der Waals surface area contributed by atoms with E-state index in [0.717, 1.165) is 16.7 Å². The maximum absolute atomic E-state index is 12.9. The van der Waals surface area contributed by atoms with Gasteiger partial charge in [-0.25, -0.2) is 9.78 Å². The fourth-order valence-corrected chi connectivity index (χ4v) is 5.05. The molecule has 6 rings (SSSR count). The third-order valence-electron chi connectivity index (χ3n) is 7.15. The number of hydrogen-bond donors (Lipinski definition) is 2. The SMILES string of the molecule is Cc1ccc(CNc2nc(N3CCN(C(=O)Nc4cccc(Cl)c4)CC3)nc3c2ncn3Cc2ccccc2)cc1. The van der Waals surface area contributed by atoms with E-state index in [4.69, 9.17) is 26.6 Å².